The van der Waals surface area contributed by atoms with E-state index in [2.05, 4.69) is 5.32 Å². The van der Waals surface area contributed by atoms with Gasteiger partial charge < -0.3 is 59.3 Å². The van der Waals surface area contributed by atoms with Gasteiger partial charge in [0.2, 0.25) is 5.75 Å². The average Bonchev–Trinajstić information content (AvgIpc) is 3.61. The fourth-order valence-electron chi connectivity index (χ4n) is 10.5. The number of allylic oxidation sites excluding steroid dienone is 1. The third-order valence-electron chi connectivity index (χ3n) is 12.9. The van der Waals surface area contributed by atoms with E-state index >= 15 is 0 Å². The molecule has 1 aromatic heterocycles. The van der Waals surface area contributed by atoms with Crippen molar-refractivity contribution >= 4 is 38.5 Å². The number of hydrogen-bond acceptors (Lipinski definition) is 15. The second kappa shape index (κ2) is 12.7. The molecule has 4 aliphatic heterocycles. The van der Waals surface area contributed by atoms with Crippen LogP contribution in [0.4, 0.5) is 0 Å². The molecule has 12 atom stereocenters. The predicted octanol–water partition coefficient (Wildman–Crippen LogP) is 1.76. The van der Waals surface area contributed by atoms with E-state index in [1.54, 1.807) is 54.2 Å². The molecule has 3 fully saturated rings. The Labute approximate surface area is 313 Å². The van der Waals surface area contributed by atoms with Gasteiger partial charge in [0.1, 0.15) is 23.4 Å². The Bertz CT molecular complexity index is 1900. The van der Waals surface area contributed by atoms with Crippen LogP contribution in [0.2, 0.25) is 0 Å². The zero-order valence-electron chi connectivity index (χ0n) is 29.2. The number of nitrogens with one attached hydrogen (secondary N) is 1. The zero-order valence-corrected chi connectivity index (χ0v) is 30.8. The van der Waals surface area contributed by atoms with Crippen LogP contribution in [0.25, 0.3) is 11.0 Å². The van der Waals surface area contributed by atoms with Crippen molar-refractivity contribution in [2.75, 3.05) is 38.7 Å². The SMILES string of the molecule is CCOC(=O)CCc1cc2ccoc2c2c1OC13C=C4CCC(CNCCSSC4C(CO)(O1)C1(O)C4C=CC5(CO)C(O)C=CC4C5C3(O)C1O)O2. The summed E-state index contributed by atoms with van der Waals surface area (Å²) in [4.78, 5) is 12.7. The van der Waals surface area contributed by atoms with Gasteiger partial charge in [0.05, 0.1) is 37.4 Å². The van der Waals surface area contributed by atoms with Crippen LogP contribution in [0.3, 0.4) is 0 Å². The number of carbonyl (C=O) groups excluding carboxylic acids is 1. The molecule has 2 aromatic rings. The van der Waals surface area contributed by atoms with Gasteiger partial charge in [0.25, 0.3) is 5.79 Å². The highest BCUT2D eigenvalue weighted by molar-refractivity contribution is 8.77. The monoisotopic (exact) mass is 771 g/mol. The summed E-state index contributed by atoms with van der Waals surface area (Å²) in [6.07, 6.45) is 7.10. The van der Waals surface area contributed by atoms with E-state index < -0.39 is 88.5 Å². The molecule has 3 aliphatic carbocycles. The standard InChI is InChI=1S/C38H45NO12S2/c1-2-47-27(43)8-4-20-15-21-10-13-48-28(21)30-29(20)50-36-16-22-3-5-23(49-30)17-39-12-14-52-53-32(22)35(19-41,51-36)37(45)25-9-11-34(18-40)26(42)7-6-24(25)31(34)38(36,46)33(37)44/h6-7,9-11,13,15-16,23-26,31-33,39-42,44-46H,2-5,8,12,14,17-19H2,1H3. The molecule has 1 spiro atoms. The van der Waals surface area contributed by atoms with E-state index in [4.69, 9.17) is 23.4 Å². The van der Waals surface area contributed by atoms with E-state index in [-0.39, 0.29) is 30.9 Å². The first-order valence-corrected chi connectivity index (χ1v) is 20.8. The lowest BCUT2D eigenvalue weighted by atomic mass is 9.39. The van der Waals surface area contributed by atoms with Crippen molar-refractivity contribution in [2.45, 2.75) is 78.8 Å². The first-order valence-electron chi connectivity index (χ1n) is 18.4. The van der Waals surface area contributed by atoms with Crippen molar-refractivity contribution in [2.24, 2.45) is 23.2 Å². The molecule has 286 valence electrons. The lowest BCUT2D eigenvalue weighted by Gasteiger charge is -2.76. The van der Waals surface area contributed by atoms with Gasteiger partial charge >= 0.3 is 5.97 Å². The first kappa shape index (κ1) is 36.1. The summed E-state index contributed by atoms with van der Waals surface area (Å²) in [5.74, 6) is -4.58. The van der Waals surface area contributed by atoms with Gasteiger partial charge in [-0.3, -0.25) is 4.79 Å². The number of fused-ring (bicyclic) bond motifs is 11. The van der Waals surface area contributed by atoms with Crippen LogP contribution in [-0.4, -0.2) is 121 Å². The molecular weight excluding hydrogens is 727 g/mol. The quantitative estimate of drug-likeness (QED) is 0.127. The van der Waals surface area contributed by atoms with E-state index in [0.717, 1.165) is 5.57 Å². The van der Waals surface area contributed by atoms with Gasteiger partial charge in [-0.25, -0.2) is 0 Å². The molecular formula is C38H45NO12S2. The van der Waals surface area contributed by atoms with E-state index in [1.165, 1.54) is 17.1 Å². The molecule has 7 N–H and O–H groups in total. The molecule has 2 saturated heterocycles. The molecule has 5 heterocycles. The molecule has 12 unspecified atom stereocenters. The number of aryl methyl sites for hydroxylation is 1. The van der Waals surface area contributed by atoms with Crippen LogP contribution < -0.4 is 14.8 Å². The second-order valence-electron chi connectivity index (χ2n) is 15.4. The maximum Gasteiger partial charge on any atom is 0.306 e. The first-order chi connectivity index (χ1) is 25.5. The molecule has 13 nitrogen and oxygen atoms in total. The molecule has 0 amide bonds. The minimum absolute atomic E-state index is 0.0160. The summed E-state index contributed by atoms with van der Waals surface area (Å²) in [6.45, 7) is 1.71. The number of rotatable bonds is 6. The van der Waals surface area contributed by atoms with Crippen LogP contribution in [-0.2, 0) is 20.7 Å². The number of esters is 1. The maximum absolute atomic E-state index is 13.7. The Morgan fingerprint density at radius 1 is 1.11 bits per heavy atom. The molecule has 1 saturated carbocycles. The van der Waals surface area contributed by atoms with Crippen molar-refractivity contribution in [1.29, 1.82) is 0 Å². The highest BCUT2D eigenvalue weighted by Gasteiger charge is 2.87. The number of aliphatic hydroxyl groups is 6. The Kier molecular flexibility index (Phi) is 8.67. The number of benzene rings is 1. The number of hydrogen-bond donors (Lipinski definition) is 7. The number of ether oxygens (including phenoxy) is 4. The van der Waals surface area contributed by atoms with Crippen LogP contribution in [0.1, 0.15) is 31.7 Å². The van der Waals surface area contributed by atoms with Crippen LogP contribution in [0.5, 0.6) is 11.5 Å². The van der Waals surface area contributed by atoms with Gasteiger partial charge in [-0.1, -0.05) is 51.5 Å². The minimum atomic E-state index is -2.56. The minimum Gasteiger partial charge on any atom is -0.482 e. The smallest absolute Gasteiger partial charge is 0.306 e. The Morgan fingerprint density at radius 2 is 1.96 bits per heavy atom. The number of aliphatic hydroxyl groups excluding tert-OH is 4. The Hall–Kier alpha value is -2.57. The van der Waals surface area contributed by atoms with E-state index in [9.17, 15) is 35.4 Å². The average molecular weight is 772 g/mol. The molecule has 15 heteroatoms. The lowest BCUT2D eigenvalue weighted by Crippen LogP contribution is -2.93. The van der Waals surface area contributed by atoms with Gasteiger partial charge in [-0.15, -0.1) is 0 Å². The largest absolute Gasteiger partial charge is 0.482 e. The second-order valence-corrected chi connectivity index (χ2v) is 17.9. The fourth-order valence-corrected chi connectivity index (χ4v) is 13.5. The summed E-state index contributed by atoms with van der Waals surface area (Å²) >= 11 is 0. The van der Waals surface area contributed by atoms with Crippen molar-refractivity contribution < 1.29 is 58.8 Å². The summed E-state index contributed by atoms with van der Waals surface area (Å²) < 4.78 is 32.4. The molecule has 0 radical (unpaired) electrons. The summed E-state index contributed by atoms with van der Waals surface area (Å²) in [5.41, 5.74) is -6.70. The van der Waals surface area contributed by atoms with Crippen molar-refractivity contribution in [3.63, 3.8) is 0 Å². The zero-order chi connectivity index (χ0) is 37.0. The number of carbonyl (C=O) groups is 1. The van der Waals surface area contributed by atoms with Crippen LogP contribution in [0.15, 0.2) is 58.8 Å². The molecule has 10 bridgehead atoms. The van der Waals surface area contributed by atoms with Gasteiger partial charge in [-0.05, 0) is 55.9 Å². The summed E-state index contributed by atoms with van der Waals surface area (Å²) in [7, 11) is 2.98. The van der Waals surface area contributed by atoms with Gasteiger partial charge in [0, 0.05) is 47.9 Å². The van der Waals surface area contributed by atoms with Crippen molar-refractivity contribution in [1.82, 2.24) is 5.32 Å². The molecule has 9 rings (SSSR count). The van der Waals surface area contributed by atoms with Crippen molar-refractivity contribution in [3.8, 4) is 11.5 Å². The predicted molar refractivity (Wildman–Crippen MR) is 194 cm³/mol. The van der Waals surface area contributed by atoms with E-state index in [1.807, 2.05) is 6.07 Å². The van der Waals surface area contributed by atoms with Gasteiger partial charge in [-0.2, -0.15) is 0 Å². The highest BCUT2D eigenvalue weighted by Crippen LogP contribution is 2.72. The molecule has 1 aromatic carbocycles. The third kappa shape index (κ3) is 4.66. The Morgan fingerprint density at radius 3 is 2.75 bits per heavy atom. The number of furan rings is 1. The maximum atomic E-state index is 13.7. The van der Waals surface area contributed by atoms with Crippen molar-refractivity contribution in [3.05, 3.63) is 59.9 Å². The molecule has 7 aliphatic rings. The Balaban J connectivity index is 1.36. The van der Waals surface area contributed by atoms with Crippen LogP contribution in [0, 0.1) is 23.2 Å². The summed E-state index contributed by atoms with van der Waals surface area (Å²) in [6, 6.07) is 3.58. The lowest BCUT2D eigenvalue weighted by molar-refractivity contribution is -0.463. The van der Waals surface area contributed by atoms with Gasteiger partial charge in [0.15, 0.2) is 16.9 Å². The third-order valence-corrected chi connectivity index (χ3v) is 15.8. The topological polar surface area (TPSA) is 201 Å². The summed E-state index contributed by atoms with van der Waals surface area (Å²) in [5, 5.41) is 77.7. The molecule has 53 heavy (non-hydrogen) atoms. The highest BCUT2D eigenvalue weighted by atomic mass is 33.1. The fraction of sp³-hybridized carbons (Fsp3) is 0.605. The normalized spacial score (nSPS) is 43.6. The van der Waals surface area contributed by atoms with E-state index in [0.29, 0.717) is 48.2 Å². The van der Waals surface area contributed by atoms with Crippen LogP contribution >= 0.6 is 21.6 Å².